The molecule has 3 heterocycles. The monoisotopic (exact) mass is 492 g/mol. The van der Waals surface area contributed by atoms with E-state index < -0.39 is 5.97 Å². The van der Waals surface area contributed by atoms with E-state index in [0.717, 1.165) is 63.2 Å². The highest BCUT2D eigenvalue weighted by atomic mass is 19.1. The summed E-state index contributed by atoms with van der Waals surface area (Å²) in [5.41, 5.74) is 8.05. The van der Waals surface area contributed by atoms with Gasteiger partial charge in [-0.2, -0.15) is 0 Å². The number of ether oxygens (including phenoxy) is 1. The number of carbonyl (C=O) groups is 1. The quantitative estimate of drug-likeness (QED) is 0.295. The van der Waals surface area contributed by atoms with Crippen LogP contribution in [-0.2, 0) is 17.6 Å². The van der Waals surface area contributed by atoms with Crippen LogP contribution in [0.4, 0.5) is 4.39 Å². The van der Waals surface area contributed by atoms with Crippen LogP contribution in [0.5, 0.6) is 5.75 Å². The molecule has 2 aromatic heterocycles. The van der Waals surface area contributed by atoms with Crippen molar-refractivity contribution in [2.24, 2.45) is 0 Å². The van der Waals surface area contributed by atoms with E-state index in [0.29, 0.717) is 17.8 Å². The number of hydrogen-bond donors (Lipinski definition) is 1. The van der Waals surface area contributed by atoms with Gasteiger partial charge in [0.05, 0.1) is 18.7 Å². The van der Waals surface area contributed by atoms with Gasteiger partial charge in [-0.3, -0.25) is 4.79 Å². The van der Waals surface area contributed by atoms with Crippen molar-refractivity contribution in [3.63, 3.8) is 0 Å². The van der Waals surface area contributed by atoms with E-state index in [1.54, 1.807) is 12.1 Å². The predicted molar refractivity (Wildman–Crippen MR) is 141 cm³/mol. The van der Waals surface area contributed by atoms with Gasteiger partial charge < -0.3 is 14.2 Å². The summed E-state index contributed by atoms with van der Waals surface area (Å²) in [6.07, 6.45) is 5.64. The van der Waals surface area contributed by atoms with Crippen LogP contribution in [0.1, 0.15) is 23.1 Å². The highest BCUT2D eigenvalue weighted by Crippen LogP contribution is 2.37. The Morgan fingerprint density at radius 3 is 2.70 bits per heavy atom. The van der Waals surface area contributed by atoms with Gasteiger partial charge in [0, 0.05) is 29.1 Å². The van der Waals surface area contributed by atoms with Crippen LogP contribution in [0.25, 0.3) is 39.2 Å². The average Bonchev–Trinajstić information content (AvgIpc) is 3.32. The first-order valence-electron chi connectivity index (χ1n) is 12.3. The fourth-order valence-corrected chi connectivity index (χ4v) is 5.17. The first kappa shape index (κ1) is 23.0. The molecular weight excluding hydrogens is 467 g/mol. The number of fused-ring (bicyclic) bond motifs is 2. The third kappa shape index (κ3) is 4.25. The molecule has 0 atom stereocenters. The lowest BCUT2D eigenvalue weighted by Crippen LogP contribution is -2.09. The molecule has 0 saturated carbocycles. The molecule has 5 nitrogen and oxygen atoms in total. The van der Waals surface area contributed by atoms with Crippen molar-refractivity contribution >= 4 is 11.6 Å². The summed E-state index contributed by atoms with van der Waals surface area (Å²) in [6.45, 7) is 2.64. The minimum Gasteiger partial charge on any atom is -0.493 e. The molecule has 1 N–H and O–H groups in total. The van der Waals surface area contributed by atoms with Gasteiger partial charge >= 0.3 is 5.97 Å². The Morgan fingerprint density at radius 2 is 1.86 bits per heavy atom. The second-order valence-corrected chi connectivity index (χ2v) is 9.43. The Morgan fingerprint density at radius 1 is 1.03 bits per heavy atom. The molecule has 0 bridgehead atoms. The van der Waals surface area contributed by atoms with Crippen LogP contribution in [0, 0.1) is 12.7 Å². The number of nitrogens with zero attached hydrogens (tertiary/aromatic N) is 2. The zero-order chi connectivity index (χ0) is 25.5. The maximum Gasteiger partial charge on any atom is 0.307 e. The van der Waals surface area contributed by atoms with Crippen LogP contribution in [0.2, 0.25) is 0 Å². The highest BCUT2D eigenvalue weighted by Gasteiger charge is 2.21. The number of aliphatic carboxylic acids is 1. The first-order valence-corrected chi connectivity index (χ1v) is 12.3. The molecule has 5 aromatic rings. The SMILES string of the molecule is Cc1cn2cc(-c3cccc(-c4ccccc4F)c3)nc2c(-c2ccc3c(c2)CCCO3)c1CC(=O)O. The molecule has 0 unspecified atom stereocenters. The number of aromatic nitrogens is 2. The normalized spacial score (nSPS) is 12.8. The van der Waals surface area contributed by atoms with Crippen molar-refractivity contribution in [1.82, 2.24) is 9.38 Å². The van der Waals surface area contributed by atoms with Crippen LogP contribution in [-0.4, -0.2) is 27.1 Å². The highest BCUT2D eigenvalue weighted by molar-refractivity contribution is 5.87. The molecule has 3 aromatic carbocycles. The second-order valence-electron chi connectivity index (χ2n) is 9.43. The largest absolute Gasteiger partial charge is 0.493 e. The van der Waals surface area contributed by atoms with Crippen molar-refractivity contribution in [1.29, 1.82) is 0 Å². The molecule has 0 radical (unpaired) electrons. The van der Waals surface area contributed by atoms with E-state index in [4.69, 9.17) is 9.72 Å². The molecule has 6 rings (SSSR count). The number of hydrogen-bond acceptors (Lipinski definition) is 3. The van der Waals surface area contributed by atoms with Crippen molar-refractivity contribution in [3.05, 3.63) is 102 Å². The third-order valence-electron chi connectivity index (χ3n) is 6.93. The molecular formula is C31H25FN2O3. The average molecular weight is 493 g/mol. The molecule has 1 aliphatic rings. The fraction of sp³-hybridized carbons (Fsp3) is 0.161. The van der Waals surface area contributed by atoms with E-state index in [1.165, 1.54) is 6.07 Å². The maximum atomic E-state index is 14.5. The van der Waals surface area contributed by atoms with Crippen molar-refractivity contribution in [3.8, 4) is 39.3 Å². The summed E-state index contributed by atoms with van der Waals surface area (Å²) < 4.78 is 22.2. The van der Waals surface area contributed by atoms with Crippen LogP contribution < -0.4 is 4.74 Å². The first-order chi connectivity index (χ1) is 18.0. The van der Waals surface area contributed by atoms with E-state index in [1.807, 2.05) is 66.2 Å². The van der Waals surface area contributed by atoms with Gasteiger partial charge in [0.2, 0.25) is 0 Å². The zero-order valence-electron chi connectivity index (χ0n) is 20.4. The molecule has 0 saturated heterocycles. The van der Waals surface area contributed by atoms with E-state index >= 15 is 0 Å². The molecule has 0 amide bonds. The number of rotatable bonds is 5. The molecule has 0 aliphatic carbocycles. The molecule has 6 heteroatoms. The number of benzene rings is 3. The van der Waals surface area contributed by atoms with Crippen molar-refractivity contribution < 1.29 is 19.0 Å². The molecule has 184 valence electrons. The Balaban J connectivity index is 1.53. The van der Waals surface area contributed by atoms with Gasteiger partial charge in [-0.05, 0) is 71.8 Å². The fourth-order valence-electron chi connectivity index (χ4n) is 5.17. The topological polar surface area (TPSA) is 63.8 Å². The number of carboxylic acid groups (broad SMARTS) is 1. The smallest absolute Gasteiger partial charge is 0.307 e. The van der Waals surface area contributed by atoms with Gasteiger partial charge in [-0.1, -0.05) is 42.5 Å². The lowest BCUT2D eigenvalue weighted by molar-refractivity contribution is -0.136. The summed E-state index contributed by atoms with van der Waals surface area (Å²) >= 11 is 0. The van der Waals surface area contributed by atoms with Gasteiger partial charge in [0.1, 0.15) is 17.2 Å². The van der Waals surface area contributed by atoms with Gasteiger partial charge in [0.25, 0.3) is 0 Å². The van der Waals surface area contributed by atoms with E-state index in [9.17, 15) is 14.3 Å². The van der Waals surface area contributed by atoms with E-state index in [2.05, 4.69) is 6.07 Å². The summed E-state index contributed by atoms with van der Waals surface area (Å²) in [7, 11) is 0. The molecule has 0 spiro atoms. The van der Waals surface area contributed by atoms with Gasteiger partial charge in [-0.15, -0.1) is 0 Å². The number of imidazole rings is 1. The minimum absolute atomic E-state index is 0.101. The molecule has 0 fully saturated rings. The number of pyridine rings is 1. The Labute approximate surface area is 213 Å². The van der Waals surface area contributed by atoms with Gasteiger partial charge in [-0.25, -0.2) is 9.37 Å². The number of halogens is 1. The Kier molecular flexibility index (Phi) is 5.72. The van der Waals surface area contributed by atoms with E-state index in [-0.39, 0.29) is 12.2 Å². The summed E-state index contributed by atoms with van der Waals surface area (Å²) in [4.78, 5) is 16.8. The summed E-state index contributed by atoms with van der Waals surface area (Å²) in [6, 6.07) is 20.4. The van der Waals surface area contributed by atoms with Crippen molar-refractivity contribution in [2.75, 3.05) is 6.61 Å². The Bertz CT molecular complexity index is 1670. The van der Waals surface area contributed by atoms with Gasteiger partial charge in [0.15, 0.2) is 0 Å². The molecule has 1 aliphatic heterocycles. The van der Waals surface area contributed by atoms with Crippen LogP contribution in [0.3, 0.4) is 0 Å². The second kappa shape index (κ2) is 9.21. The molecule has 37 heavy (non-hydrogen) atoms. The predicted octanol–water partition coefficient (Wildman–Crippen LogP) is 6.73. The number of aryl methyl sites for hydroxylation is 2. The third-order valence-corrected chi connectivity index (χ3v) is 6.93. The number of carboxylic acids is 1. The Hall–Kier alpha value is -4.45. The lowest BCUT2D eigenvalue weighted by atomic mass is 9.93. The lowest BCUT2D eigenvalue weighted by Gasteiger charge is -2.19. The standard InChI is InChI=1S/C31H25FN2O3/c1-19-17-34-18-27(21-7-4-6-20(14-21)24-9-2-3-10-26(24)32)33-31(34)30(25(19)16-29(35)36)23-11-12-28-22(15-23)8-5-13-37-28/h2-4,6-7,9-12,14-15,17-18H,5,8,13,16H2,1H3,(H,35,36). The summed E-state index contributed by atoms with van der Waals surface area (Å²) in [5.74, 6) is -0.283. The zero-order valence-corrected chi connectivity index (χ0v) is 20.4. The minimum atomic E-state index is -0.889. The van der Waals surface area contributed by atoms with Crippen LogP contribution >= 0.6 is 0 Å². The maximum absolute atomic E-state index is 14.5. The van der Waals surface area contributed by atoms with Crippen molar-refractivity contribution in [2.45, 2.75) is 26.2 Å². The summed E-state index contributed by atoms with van der Waals surface area (Å²) in [5, 5.41) is 9.69. The van der Waals surface area contributed by atoms with Crippen LogP contribution in [0.15, 0.2) is 79.1 Å².